The molecule has 3 rings (SSSR count). The van der Waals surface area contributed by atoms with Gasteiger partial charge in [0.15, 0.2) is 0 Å². The van der Waals surface area contributed by atoms with Gasteiger partial charge in [-0.2, -0.15) is 9.66 Å². The maximum absolute atomic E-state index is 9.82. The minimum absolute atomic E-state index is 0.746. The fourth-order valence-electron chi connectivity index (χ4n) is 3.54. The molecule has 0 aliphatic carbocycles. The lowest BCUT2D eigenvalue weighted by Crippen LogP contribution is -3.06. The van der Waals surface area contributed by atoms with Crippen LogP contribution in [0.3, 0.4) is 0 Å². The summed E-state index contributed by atoms with van der Waals surface area (Å²) in [5.41, 5.74) is 6.14. The summed E-state index contributed by atoms with van der Waals surface area (Å²) in [6.45, 7) is 6.23. The van der Waals surface area contributed by atoms with Gasteiger partial charge in [0, 0.05) is 5.56 Å². The number of hydrogen-bond donors (Lipinski definition) is 3. The fourth-order valence-corrected chi connectivity index (χ4v) is 3.54. The number of nitrogens with one attached hydrogen (secondary N) is 3. The lowest BCUT2D eigenvalue weighted by Gasteiger charge is -2.14. The Balaban J connectivity index is 2.28. The van der Waals surface area contributed by atoms with E-state index in [1.807, 2.05) is 12.1 Å². The second-order valence-corrected chi connectivity index (χ2v) is 7.25. The van der Waals surface area contributed by atoms with E-state index in [1.165, 1.54) is 10.5 Å². The molecule has 2 aromatic heterocycles. The van der Waals surface area contributed by atoms with Crippen LogP contribution in [-0.4, -0.2) is 32.2 Å². The van der Waals surface area contributed by atoms with Gasteiger partial charge in [-0.15, -0.1) is 0 Å². The zero-order chi connectivity index (χ0) is 18.7. The number of nitriles is 1. The molecular weight excluding hydrogens is 322 g/mol. The van der Waals surface area contributed by atoms with E-state index in [9.17, 15) is 5.26 Å². The van der Waals surface area contributed by atoms with Crippen molar-refractivity contribution >= 4 is 22.5 Å². The Labute approximate surface area is 155 Å². The Bertz CT molecular complexity index is 962. The van der Waals surface area contributed by atoms with Gasteiger partial charge < -0.3 is 4.90 Å². The van der Waals surface area contributed by atoms with Crippen LogP contribution in [0.2, 0.25) is 0 Å². The molecular formula is C21H29N5+2. The van der Waals surface area contributed by atoms with E-state index in [-0.39, 0.29) is 0 Å². The third-order valence-electron chi connectivity index (χ3n) is 5.01. The third kappa shape index (κ3) is 3.25. The van der Waals surface area contributed by atoms with Crippen molar-refractivity contribution in [3.63, 3.8) is 0 Å². The lowest BCUT2D eigenvalue weighted by atomic mass is 9.99. The van der Waals surface area contributed by atoms with Crippen molar-refractivity contribution in [2.24, 2.45) is 0 Å². The van der Waals surface area contributed by atoms with Gasteiger partial charge >= 0.3 is 0 Å². The molecule has 3 aromatic rings. The lowest BCUT2D eigenvalue weighted by molar-refractivity contribution is -0.856. The first-order valence-corrected chi connectivity index (χ1v) is 9.49. The molecule has 0 fully saturated rings. The van der Waals surface area contributed by atoms with E-state index in [2.05, 4.69) is 60.8 Å². The second-order valence-electron chi connectivity index (χ2n) is 7.25. The molecule has 0 bridgehead atoms. The van der Waals surface area contributed by atoms with Gasteiger partial charge in [-0.3, -0.25) is 10.3 Å². The standard InChI is InChI=1S/C21H27N5/c1-5-6-9-16-15(2)17(14-22)21-24-18-10-7-8-11-19(18)26(21)20(16)23-12-13-25(3)4/h7-8,10-11H,5-6,9,12-13H2,1-4H3,(H,23,24)/p+2. The van der Waals surface area contributed by atoms with Crippen molar-refractivity contribution in [2.45, 2.75) is 33.1 Å². The van der Waals surface area contributed by atoms with Gasteiger partial charge in [0.2, 0.25) is 11.5 Å². The van der Waals surface area contributed by atoms with Crippen LogP contribution < -0.4 is 14.6 Å². The van der Waals surface area contributed by atoms with Crippen LogP contribution in [-0.2, 0) is 6.42 Å². The van der Waals surface area contributed by atoms with Gasteiger partial charge in [0.1, 0.15) is 35.8 Å². The molecule has 1 aromatic carbocycles. The molecule has 0 radical (unpaired) electrons. The number of anilines is 1. The van der Waals surface area contributed by atoms with Crippen LogP contribution >= 0.6 is 0 Å². The van der Waals surface area contributed by atoms with E-state index in [0.29, 0.717) is 0 Å². The van der Waals surface area contributed by atoms with E-state index in [1.54, 1.807) is 0 Å². The highest BCUT2D eigenvalue weighted by atomic mass is 15.1. The summed E-state index contributed by atoms with van der Waals surface area (Å²) in [6.07, 6.45) is 3.24. The van der Waals surface area contributed by atoms with E-state index < -0.39 is 0 Å². The average Bonchev–Trinajstić information content (AvgIpc) is 3.00. The molecule has 0 amide bonds. The number of para-hydroxylation sites is 2. The van der Waals surface area contributed by atoms with E-state index in [4.69, 9.17) is 0 Å². The Morgan fingerprint density at radius 1 is 1.27 bits per heavy atom. The summed E-state index contributed by atoms with van der Waals surface area (Å²) in [4.78, 5) is 4.87. The molecule has 0 spiro atoms. The Hall–Kier alpha value is -2.58. The first-order valence-electron chi connectivity index (χ1n) is 9.49. The summed E-state index contributed by atoms with van der Waals surface area (Å²) in [5.74, 6) is 1.13. The summed E-state index contributed by atoms with van der Waals surface area (Å²) in [5, 5.41) is 13.5. The van der Waals surface area contributed by atoms with Crippen molar-refractivity contribution in [3.8, 4) is 6.07 Å². The Morgan fingerprint density at radius 2 is 2.04 bits per heavy atom. The molecule has 3 N–H and O–H groups in total. The van der Waals surface area contributed by atoms with Gasteiger partial charge in [-0.1, -0.05) is 25.5 Å². The molecule has 0 saturated carbocycles. The van der Waals surface area contributed by atoms with E-state index >= 15 is 0 Å². The van der Waals surface area contributed by atoms with Crippen LogP contribution in [0, 0.1) is 18.3 Å². The molecule has 5 nitrogen and oxygen atoms in total. The maximum atomic E-state index is 9.82. The highest BCUT2D eigenvalue weighted by Gasteiger charge is 2.25. The summed E-state index contributed by atoms with van der Waals surface area (Å²) in [7, 11) is 4.33. The van der Waals surface area contributed by atoms with Crippen LogP contribution in [0.25, 0.3) is 16.7 Å². The molecule has 2 heterocycles. The number of aromatic amines is 1. The van der Waals surface area contributed by atoms with Crippen molar-refractivity contribution < 1.29 is 9.30 Å². The molecule has 0 atom stereocenters. The second kappa shape index (κ2) is 7.76. The fraction of sp³-hybridized carbons (Fsp3) is 0.429. The topological polar surface area (TPSA) is 60.1 Å². The number of quaternary nitrogens is 1. The zero-order valence-electron chi connectivity index (χ0n) is 16.2. The minimum Gasteiger partial charge on any atom is -0.337 e. The van der Waals surface area contributed by atoms with Gasteiger partial charge in [-0.25, -0.2) is 0 Å². The summed E-state index contributed by atoms with van der Waals surface area (Å²) in [6, 6.07) is 10.7. The van der Waals surface area contributed by atoms with Crippen molar-refractivity contribution in [3.05, 3.63) is 41.0 Å². The quantitative estimate of drug-likeness (QED) is 0.570. The molecule has 0 saturated heterocycles. The van der Waals surface area contributed by atoms with Gasteiger partial charge in [0.25, 0.3) is 0 Å². The third-order valence-corrected chi connectivity index (χ3v) is 5.01. The Morgan fingerprint density at radius 3 is 2.73 bits per heavy atom. The number of unbranched alkanes of at least 4 members (excludes halogenated alkanes) is 1. The van der Waals surface area contributed by atoms with Crippen molar-refractivity contribution in [1.82, 2.24) is 4.98 Å². The maximum Gasteiger partial charge on any atom is 0.250 e. The van der Waals surface area contributed by atoms with Crippen LogP contribution in [0.5, 0.6) is 0 Å². The normalized spacial score (nSPS) is 11.4. The number of nitrogens with zero attached hydrogens (tertiary/aromatic N) is 2. The smallest absolute Gasteiger partial charge is 0.250 e. The Kier molecular flexibility index (Phi) is 5.43. The molecule has 5 heteroatoms. The van der Waals surface area contributed by atoms with Crippen LogP contribution in [0.15, 0.2) is 24.3 Å². The van der Waals surface area contributed by atoms with Crippen LogP contribution in [0.1, 0.15) is 36.5 Å². The number of rotatable bonds is 7. The van der Waals surface area contributed by atoms with Gasteiger partial charge in [0.05, 0.1) is 14.1 Å². The van der Waals surface area contributed by atoms with Crippen molar-refractivity contribution in [2.75, 3.05) is 32.5 Å². The molecule has 0 aliphatic heterocycles. The first-order chi connectivity index (χ1) is 12.6. The predicted octanol–water partition coefficient (Wildman–Crippen LogP) is 1.99. The number of fused-ring (bicyclic) bond motifs is 3. The predicted molar refractivity (Wildman–Crippen MR) is 106 cm³/mol. The highest BCUT2D eigenvalue weighted by Crippen LogP contribution is 2.26. The summed E-state index contributed by atoms with van der Waals surface area (Å²) < 4.78 is 2.21. The number of benzene rings is 1. The number of likely N-dealkylation sites (N-methyl/N-ethyl adjacent to an activating group) is 1. The SMILES string of the molecule is CCCCc1c(C)c(C#N)c2[nH]c3ccccc3[n+]2c1NCC[NH+](C)C. The van der Waals surface area contributed by atoms with E-state index in [0.717, 1.165) is 66.0 Å². The average molecular weight is 351 g/mol. The van der Waals surface area contributed by atoms with Crippen molar-refractivity contribution in [1.29, 1.82) is 5.26 Å². The number of H-pyrrole nitrogens is 1. The number of aromatic nitrogens is 2. The zero-order valence-corrected chi connectivity index (χ0v) is 16.2. The number of pyridine rings is 1. The summed E-state index contributed by atoms with van der Waals surface area (Å²) >= 11 is 0. The largest absolute Gasteiger partial charge is 0.337 e. The molecule has 0 unspecified atom stereocenters. The molecule has 0 aliphatic rings. The highest BCUT2D eigenvalue weighted by molar-refractivity contribution is 5.78. The monoisotopic (exact) mass is 351 g/mol. The van der Waals surface area contributed by atoms with Crippen LogP contribution in [0.4, 0.5) is 5.82 Å². The molecule has 136 valence electrons. The van der Waals surface area contributed by atoms with Gasteiger partial charge in [-0.05, 0) is 37.5 Å². The first kappa shape index (κ1) is 18.2. The number of imidazole rings is 1. The minimum atomic E-state index is 0.746. The molecule has 26 heavy (non-hydrogen) atoms. The number of hydrogen-bond acceptors (Lipinski definition) is 2.